The third kappa shape index (κ3) is 6.99. The van der Waals surface area contributed by atoms with Gasteiger partial charge in [-0.1, -0.05) is 19.8 Å². The maximum Gasteiger partial charge on any atom is 0.0445 e. The molecule has 0 saturated heterocycles. The number of unbranched alkanes of at least 4 members (excludes halogenated alkanes) is 1. The van der Waals surface area contributed by atoms with Crippen LogP contribution in [0.2, 0.25) is 0 Å². The lowest BCUT2D eigenvalue weighted by atomic mass is 10.1. The molecule has 0 aromatic carbocycles. The van der Waals surface area contributed by atoms with E-state index in [1.165, 1.54) is 12.8 Å². The van der Waals surface area contributed by atoms with Crippen molar-refractivity contribution in [1.82, 2.24) is 5.32 Å². The molecule has 2 unspecified atom stereocenters. The number of hydrogen-bond acceptors (Lipinski definition) is 3. The molecule has 0 saturated carbocycles. The Bertz CT molecular complexity index is 109. The Morgan fingerprint density at radius 1 is 1.38 bits per heavy atom. The molecule has 4 N–H and O–H groups in total. The number of rotatable bonds is 8. The molecular weight excluding hydrogens is 164 g/mol. The topological polar surface area (TPSA) is 58.3 Å². The highest BCUT2D eigenvalue weighted by Crippen LogP contribution is 2.01. The number of aliphatic hydroxyl groups excluding tert-OH is 1. The van der Waals surface area contributed by atoms with E-state index in [4.69, 9.17) is 10.8 Å². The van der Waals surface area contributed by atoms with E-state index in [1.807, 2.05) is 0 Å². The van der Waals surface area contributed by atoms with Gasteiger partial charge in [-0.25, -0.2) is 0 Å². The molecule has 0 rings (SSSR count). The van der Waals surface area contributed by atoms with Gasteiger partial charge in [-0.05, 0) is 19.8 Å². The molecule has 0 aromatic rings. The summed E-state index contributed by atoms with van der Waals surface area (Å²) in [5, 5.41) is 12.1. The quantitative estimate of drug-likeness (QED) is 0.529. The van der Waals surface area contributed by atoms with Gasteiger partial charge < -0.3 is 16.2 Å². The average molecular weight is 188 g/mol. The van der Waals surface area contributed by atoms with Crippen molar-refractivity contribution < 1.29 is 5.11 Å². The fraction of sp³-hybridized carbons (Fsp3) is 1.00. The maximum atomic E-state index is 8.73. The lowest BCUT2D eigenvalue weighted by Crippen LogP contribution is -2.41. The minimum Gasteiger partial charge on any atom is -0.396 e. The van der Waals surface area contributed by atoms with Gasteiger partial charge in [0.1, 0.15) is 0 Å². The summed E-state index contributed by atoms with van der Waals surface area (Å²) in [6, 6.07) is 0.789. The minimum absolute atomic E-state index is 0.249. The van der Waals surface area contributed by atoms with E-state index in [2.05, 4.69) is 19.2 Å². The summed E-state index contributed by atoms with van der Waals surface area (Å²) in [6.45, 7) is 5.21. The van der Waals surface area contributed by atoms with E-state index in [0.717, 1.165) is 12.8 Å². The molecule has 0 fully saturated rings. The van der Waals surface area contributed by atoms with Crippen molar-refractivity contribution in [3.63, 3.8) is 0 Å². The third-order valence-electron chi connectivity index (χ3n) is 2.27. The van der Waals surface area contributed by atoms with Gasteiger partial charge in [-0.2, -0.15) is 0 Å². The highest BCUT2D eigenvalue weighted by Gasteiger charge is 2.08. The first kappa shape index (κ1) is 12.9. The van der Waals surface area contributed by atoms with Crippen LogP contribution in [0.3, 0.4) is 0 Å². The molecule has 0 aromatic heterocycles. The van der Waals surface area contributed by atoms with E-state index in [1.54, 1.807) is 0 Å². The lowest BCUT2D eigenvalue weighted by Gasteiger charge is -2.21. The molecule has 80 valence electrons. The van der Waals surface area contributed by atoms with Crippen molar-refractivity contribution in [3.8, 4) is 0 Å². The molecule has 3 heteroatoms. The third-order valence-corrected chi connectivity index (χ3v) is 2.27. The number of hydrogen-bond donors (Lipinski definition) is 3. The maximum absolute atomic E-state index is 8.73. The second kappa shape index (κ2) is 8.48. The first-order valence-corrected chi connectivity index (χ1v) is 5.31. The minimum atomic E-state index is 0.249. The molecular formula is C10H24N2O. The molecule has 0 aliphatic heterocycles. The van der Waals surface area contributed by atoms with Crippen LogP contribution >= 0.6 is 0 Å². The molecule has 0 heterocycles. The monoisotopic (exact) mass is 188 g/mol. The standard InChI is InChI=1S/C10H24N2O/c1-3-4-5-10(8-11)12-9(2)6-7-13/h9-10,12-13H,3-8,11H2,1-2H3. The van der Waals surface area contributed by atoms with Crippen molar-refractivity contribution in [1.29, 1.82) is 0 Å². The van der Waals surface area contributed by atoms with Crippen molar-refractivity contribution in [2.45, 2.75) is 51.6 Å². The Kier molecular flexibility index (Phi) is 8.40. The zero-order chi connectivity index (χ0) is 10.1. The Morgan fingerprint density at radius 3 is 2.54 bits per heavy atom. The van der Waals surface area contributed by atoms with Gasteiger partial charge in [-0.3, -0.25) is 0 Å². The van der Waals surface area contributed by atoms with Crippen LogP contribution in [-0.4, -0.2) is 30.3 Å². The van der Waals surface area contributed by atoms with Crippen LogP contribution in [0.4, 0.5) is 0 Å². The first-order chi connectivity index (χ1) is 6.24. The van der Waals surface area contributed by atoms with E-state index in [9.17, 15) is 0 Å². The predicted molar refractivity (Wildman–Crippen MR) is 56.7 cm³/mol. The summed E-state index contributed by atoms with van der Waals surface area (Å²) in [7, 11) is 0. The van der Waals surface area contributed by atoms with Crippen molar-refractivity contribution in [2.75, 3.05) is 13.2 Å². The van der Waals surface area contributed by atoms with E-state index >= 15 is 0 Å². The van der Waals surface area contributed by atoms with E-state index < -0.39 is 0 Å². The zero-order valence-electron chi connectivity index (χ0n) is 8.92. The summed E-state index contributed by atoms with van der Waals surface area (Å²) in [5.74, 6) is 0. The molecule has 0 aliphatic rings. The SMILES string of the molecule is CCCCC(CN)NC(C)CCO. The summed E-state index contributed by atoms with van der Waals surface area (Å²) in [4.78, 5) is 0. The van der Waals surface area contributed by atoms with Crippen LogP contribution in [0.25, 0.3) is 0 Å². The van der Waals surface area contributed by atoms with Crippen LogP contribution in [0.5, 0.6) is 0 Å². The fourth-order valence-electron chi connectivity index (χ4n) is 1.40. The Labute approximate surface area is 81.7 Å². The largest absolute Gasteiger partial charge is 0.396 e. The van der Waals surface area contributed by atoms with Gasteiger partial charge in [0.25, 0.3) is 0 Å². The Balaban J connectivity index is 3.56. The van der Waals surface area contributed by atoms with Crippen LogP contribution in [0.15, 0.2) is 0 Å². The van der Waals surface area contributed by atoms with Crippen LogP contribution in [0.1, 0.15) is 39.5 Å². The zero-order valence-corrected chi connectivity index (χ0v) is 8.92. The number of nitrogens with two attached hydrogens (primary N) is 1. The van der Waals surface area contributed by atoms with Gasteiger partial charge in [0.15, 0.2) is 0 Å². The summed E-state index contributed by atoms with van der Waals surface area (Å²) >= 11 is 0. The van der Waals surface area contributed by atoms with Gasteiger partial charge in [0.2, 0.25) is 0 Å². The average Bonchev–Trinajstić information content (AvgIpc) is 2.12. The molecule has 0 spiro atoms. The van der Waals surface area contributed by atoms with Gasteiger partial charge in [-0.15, -0.1) is 0 Å². The number of aliphatic hydroxyl groups is 1. The van der Waals surface area contributed by atoms with Gasteiger partial charge in [0.05, 0.1) is 0 Å². The molecule has 0 amide bonds. The lowest BCUT2D eigenvalue weighted by molar-refractivity contribution is 0.261. The second-order valence-corrected chi connectivity index (χ2v) is 3.65. The number of nitrogens with one attached hydrogen (secondary N) is 1. The van der Waals surface area contributed by atoms with Crippen LogP contribution in [0, 0.1) is 0 Å². The van der Waals surface area contributed by atoms with Crippen LogP contribution in [-0.2, 0) is 0 Å². The normalized spacial score (nSPS) is 15.7. The van der Waals surface area contributed by atoms with Crippen molar-refractivity contribution in [2.24, 2.45) is 5.73 Å². The molecule has 13 heavy (non-hydrogen) atoms. The predicted octanol–water partition coefficient (Wildman–Crippen LogP) is 0.864. The summed E-state index contributed by atoms with van der Waals surface area (Å²) in [6.07, 6.45) is 4.39. The highest BCUT2D eigenvalue weighted by atomic mass is 16.3. The highest BCUT2D eigenvalue weighted by molar-refractivity contribution is 4.71. The Morgan fingerprint density at radius 2 is 2.08 bits per heavy atom. The van der Waals surface area contributed by atoms with Gasteiger partial charge in [0, 0.05) is 25.2 Å². The summed E-state index contributed by atoms with van der Waals surface area (Å²) in [5.41, 5.74) is 5.63. The molecule has 3 nitrogen and oxygen atoms in total. The van der Waals surface area contributed by atoms with E-state index in [0.29, 0.717) is 18.6 Å². The molecule has 0 bridgehead atoms. The van der Waals surface area contributed by atoms with Crippen molar-refractivity contribution >= 4 is 0 Å². The van der Waals surface area contributed by atoms with Crippen molar-refractivity contribution in [3.05, 3.63) is 0 Å². The smallest absolute Gasteiger partial charge is 0.0445 e. The van der Waals surface area contributed by atoms with Gasteiger partial charge >= 0.3 is 0 Å². The molecule has 0 aliphatic carbocycles. The molecule has 0 radical (unpaired) electrons. The second-order valence-electron chi connectivity index (χ2n) is 3.65. The van der Waals surface area contributed by atoms with E-state index in [-0.39, 0.29) is 6.61 Å². The fourth-order valence-corrected chi connectivity index (χ4v) is 1.40. The summed E-state index contributed by atoms with van der Waals surface area (Å²) < 4.78 is 0. The van der Waals surface area contributed by atoms with Crippen LogP contribution < -0.4 is 11.1 Å². The first-order valence-electron chi connectivity index (χ1n) is 5.31. The molecule has 2 atom stereocenters. The Hall–Kier alpha value is -0.120.